The molecule has 94 valence electrons. The summed E-state index contributed by atoms with van der Waals surface area (Å²) in [6.45, 7) is 3.97. The van der Waals surface area contributed by atoms with Gasteiger partial charge in [0.1, 0.15) is 5.69 Å². The molecule has 0 aromatic carbocycles. The van der Waals surface area contributed by atoms with Gasteiger partial charge in [0.15, 0.2) is 0 Å². The molecule has 0 radical (unpaired) electrons. The Balaban J connectivity index is 2.85. The van der Waals surface area contributed by atoms with Crippen LogP contribution < -0.4 is 10.5 Å². The van der Waals surface area contributed by atoms with Crippen molar-refractivity contribution in [2.45, 2.75) is 33.1 Å². The third-order valence-electron chi connectivity index (χ3n) is 2.21. The van der Waals surface area contributed by atoms with Gasteiger partial charge in [-0.15, -0.1) is 0 Å². The van der Waals surface area contributed by atoms with Gasteiger partial charge in [-0.05, 0) is 13.3 Å². The molecule has 0 amide bonds. The van der Waals surface area contributed by atoms with E-state index in [4.69, 9.17) is 10.5 Å². The van der Waals surface area contributed by atoms with Crippen molar-refractivity contribution in [3.05, 3.63) is 15.8 Å². The minimum atomic E-state index is -0.552. The van der Waals surface area contributed by atoms with Gasteiger partial charge < -0.3 is 10.5 Å². The summed E-state index contributed by atoms with van der Waals surface area (Å²) in [5.41, 5.74) is 5.44. The van der Waals surface area contributed by atoms with Gasteiger partial charge in [-0.3, -0.25) is 10.1 Å². The lowest BCUT2D eigenvalue weighted by Crippen LogP contribution is -2.07. The lowest BCUT2D eigenvalue weighted by molar-refractivity contribution is -0.387. The summed E-state index contributed by atoms with van der Waals surface area (Å²) in [6, 6.07) is 0. The second-order valence-electron chi connectivity index (χ2n) is 3.63. The van der Waals surface area contributed by atoms with Crippen LogP contribution in [-0.4, -0.2) is 21.5 Å². The van der Waals surface area contributed by atoms with Gasteiger partial charge in [-0.25, -0.2) is 4.98 Å². The monoisotopic (exact) mass is 240 g/mol. The number of ether oxygens (including phenoxy) is 1. The van der Waals surface area contributed by atoms with Crippen LogP contribution in [0.15, 0.2) is 0 Å². The minimum Gasteiger partial charge on any atom is -0.473 e. The van der Waals surface area contributed by atoms with Gasteiger partial charge in [0.2, 0.25) is 5.95 Å². The highest BCUT2D eigenvalue weighted by Gasteiger charge is 2.22. The zero-order chi connectivity index (χ0) is 12.8. The number of nitrogen functional groups attached to an aromatic ring is 1. The van der Waals surface area contributed by atoms with Gasteiger partial charge in [0, 0.05) is 0 Å². The van der Waals surface area contributed by atoms with E-state index in [0.717, 1.165) is 19.3 Å². The molecule has 0 aliphatic rings. The van der Waals surface area contributed by atoms with E-state index in [9.17, 15) is 10.1 Å². The summed E-state index contributed by atoms with van der Waals surface area (Å²) in [5.74, 6) is -0.0605. The van der Waals surface area contributed by atoms with Crippen LogP contribution in [0.4, 0.5) is 11.6 Å². The van der Waals surface area contributed by atoms with Crippen molar-refractivity contribution in [2.75, 3.05) is 12.3 Å². The first-order chi connectivity index (χ1) is 8.06. The maximum Gasteiger partial charge on any atom is 0.352 e. The Morgan fingerprint density at radius 2 is 2.12 bits per heavy atom. The number of anilines is 1. The SMILES string of the molecule is CCCCCOc1nc(N)nc(C)c1[N+](=O)[O-]. The van der Waals surface area contributed by atoms with Crippen LogP contribution in [0.2, 0.25) is 0 Å². The minimum absolute atomic E-state index is 0.0152. The molecule has 0 saturated heterocycles. The summed E-state index contributed by atoms with van der Waals surface area (Å²) in [7, 11) is 0. The van der Waals surface area contributed by atoms with Crippen molar-refractivity contribution in [1.82, 2.24) is 9.97 Å². The highest BCUT2D eigenvalue weighted by atomic mass is 16.6. The van der Waals surface area contributed by atoms with Crippen LogP contribution >= 0.6 is 0 Å². The van der Waals surface area contributed by atoms with E-state index in [2.05, 4.69) is 16.9 Å². The Hall–Kier alpha value is -1.92. The standard InChI is InChI=1S/C10H16N4O3/c1-3-4-5-6-17-9-8(14(15)16)7(2)12-10(11)13-9/h3-6H2,1-2H3,(H2,11,12,13). The molecule has 0 bridgehead atoms. The van der Waals surface area contributed by atoms with Gasteiger partial charge >= 0.3 is 5.69 Å². The summed E-state index contributed by atoms with van der Waals surface area (Å²) in [4.78, 5) is 17.8. The molecule has 0 spiro atoms. The molecule has 1 rings (SSSR count). The fourth-order valence-electron chi connectivity index (χ4n) is 1.39. The number of hydrogen-bond acceptors (Lipinski definition) is 6. The maximum atomic E-state index is 10.8. The lowest BCUT2D eigenvalue weighted by Gasteiger charge is -2.07. The Morgan fingerprint density at radius 1 is 1.41 bits per heavy atom. The quantitative estimate of drug-likeness (QED) is 0.462. The van der Waals surface area contributed by atoms with Crippen molar-refractivity contribution in [1.29, 1.82) is 0 Å². The van der Waals surface area contributed by atoms with Crippen LogP contribution in [0.3, 0.4) is 0 Å². The fraction of sp³-hybridized carbons (Fsp3) is 0.600. The van der Waals surface area contributed by atoms with Crippen LogP contribution in [0.25, 0.3) is 0 Å². The number of rotatable bonds is 6. The first-order valence-electron chi connectivity index (χ1n) is 5.47. The van der Waals surface area contributed by atoms with E-state index in [1.807, 2.05) is 0 Å². The predicted octanol–water partition coefficient (Wildman–Crippen LogP) is 1.84. The number of aryl methyl sites for hydroxylation is 1. The molecule has 0 unspecified atom stereocenters. The Bertz CT molecular complexity index is 409. The first kappa shape index (κ1) is 13.1. The molecule has 0 fully saturated rings. The van der Waals surface area contributed by atoms with Crippen LogP contribution in [0.1, 0.15) is 31.9 Å². The molecular weight excluding hydrogens is 224 g/mol. The number of hydrogen-bond donors (Lipinski definition) is 1. The molecule has 2 N–H and O–H groups in total. The van der Waals surface area contributed by atoms with Crippen molar-refractivity contribution in [3.8, 4) is 5.88 Å². The predicted molar refractivity (Wildman–Crippen MR) is 62.9 cm³/mol. The topological polar surface area (TPSA) is 104 Å². The van der Waals surface area contributed by atoms with E-state index in [1.54, 1.807) is 0 Å². The second-order valence-corrected chi connectivity index (χ2v) is 3.63. The van der Waals surface area contributed by atoms with Gasteiger partial charge in [0.05, 0.1) is 11.5 Å². The number of unbranched alkanes of at least 4 members (excludes halogenated alkanes) is 2. The normalized spacial score (nSPS) is 10.2. The third kappa shape index (κ3) is 3.54. The summed E-state index contributed by atoms with van der Waals surface area (Å²) < 4.78 is 5.29. The average molecular weight is 240 g/mol. The van der Waals surface area contributed by atoms with Crippen LogP contribution in [0.5, 0.6) is 5.88 Å². The van der Waals surface area contributed by atoms with Crippen LogP contribution in [-0.2, 0) is 0 Å². The maximum absolute atomic E-state index is 10.8. The largest absolute Gasteiger partial charge is 0.473 e. The highest BCUT2D eigenvalue weighted by Crippen LogP contribution is 2.27. The van der Waals surface area contributed by atoms with Gasteiger partial charge in [-0.1, -0.05) is 19.8 Å². The number of nitrogens with two attached hydrogens (primary N) is 1. The number of nitrogens with zero attached hydrogens (tertiary/aromatic N) is 3. The molecular formula is C10H16N4O3. The third-order valence-corrected chi connectivity index (χ3v) is 2.21. The second kappa shape index (κ2) is 5.97. The molecule has 0 aliphatic carbocycles. The average Bonchev–Trinajstić information content (AvgIpc) is 2.22. The summed E-state index contributed by atoms with van der Waals surface area (Å²) in [5, 5.41) is 10.8. The van der Waals surface area contributed by atoms with E-state index in [1.165, 1.54) is 6.92 Å². The molecule has 7 heteroatoms. The molecule has 17 heavy (non-hydrogen) atoms. The summed E-state index contributed by atoms with van der Waals surface area (Å²) in [6.07, 6.45) is 2.89. The van der Waals surface area contributed by atoms with E-state index >= 15 is 0 Å². The molecule has 1 heterocycles. The molecule has 0 saturated carbocycles. The van der Waals surface area contributed by atoms with Crippen LogP contribution in [0, 0.1) is 17.0 Å². The zero-order valence-electron chi connectivity index (χ0n) is 9.97. The smallest absolute Gasteiger partial charge is 0.352 e. The van der Waals surface area contributed by atoms with Crippen molar-refractivity contribution < 1.29 is 9.66 Å². The van der Waals surface area contributed by atoms with Gasteiger partial charge in [0.25, 0.3) is 5.88 Å². The van der Waals surface area contributed by atoms with Crippen molar-refractivity contribution in [3.63, 3.8) is 0 Å². The molecule has 0 atom stereocenters. The fourth-order valence-corrected chi connectivity index (χ4v) is 1.39. The number of aromatic nitrogens is 2. The highest BCUT2D eigenvalue weighted by molar-refractivity contribution is 5.47. The van der Waals surface area contributed by atoms with Gasteiger partial charge in [-0.2, -0.15) is 4.98 Å². The lowest BCUT2D eigenvalue weighted by atomic mass is 10.3. The summed E-state index contributed by atoms with van der Waals surface area (Å²) >= 11 is 0. The van der Waals surface area contributed by atoms with E-state index < -0.39 is 4.92 Å². The Kier molecular flexibility index (Phi) is 4.62. The van der Waals surface area contributed by atoms with Crippen molar-refractivity contribution >= 4 is 11.6 Å². The van der Waals surface area contributed by atoms with E-state index in [-0.39, 0.29) is 23.2 Å². The molecule has 7 nitrogen and oxygen atoms in total. The Labute approximate surface area is 99.2 Å². The molecule has 1 aromatic heterocycles. The van der Waals surface area contributed by atoms with E-state index in [0.29, 0.717) is 6.61 Å². The zero-order valence-corrected chi connectivity index (χ0v) is 9.97. The molecule has 1 aromatic rings. The Morgan fingerprint density at radius 3 is 2.71 bits per heavy atom. The number of nitro groups is 1. The molecule has 0 aliphatic heterocycles. The first-order valence-corrected chi connectivity index (χ1v) is 5.47. The van der Waals surface area contributed by atoms with Crippen molar-refractivity contribution in [2.24, 2.45) is 0 Å².